The number of piperidine rings is 1. The Morgan fingerprint density at radius 3 is 2.93 bits per heavy atom. The van der Waals surface area contributed by atoms with Crippen LogP contribution in [0.3, 0.4) is 0 Å². The Hall–Kier alpha value is -3.20. The van der Waals surface area contributed by atoms with E-state index >= 15 is 0 Å². The Labute approximate surface area is 170 Å². The van der Waals surface area contributed by atoms with Crippen LogP contribution in [-0.2, 0) is 9.53 Å². The molecule has 2 amide bonds. The highest BCUT2D eigenvalue weighted by Crippen LogP contribution is 2.24. The molecule has 3 aromatic rings. The fraction of sp³-hybridized carbons (Fsp3) is 0.300. The zero-order chi connectivity index (χ0) is 20.4. The summed E-state index contributed by atoms with van der Waals surface area (Å²) in [6.45, 7) is 1.05. The van der Waals surface area contributed by atoms with Crippen LogP contribution in [0.4, 0.5) is 5.69 Å². The fourth-order valence-electron chi connectivity index (χ4n) is 3.52. The second-order valence-electron chi connectivity index (χ2n) is 6.88. The quantitative estimate of drug-likeness (QED) is 0.641. The lowest BCUT2D eigenvalue weighted by molar-refractivity contribution is -0.121. The van der Waals surface area contributed by atoms with Crippen molar-refractivity contribution < 1.29 is 19.1 Å². The van der Waals surface area contributed by atoms with Crippen molar-refractivity contribution in [2.45, 2.75) is 12.8 Å². The first-order valence-electron chi connectivity index (χ1n) is 9.27. The number of aromatic amines is 1. The summed E-state index contributed by atoms with van der Waals surface area (Å²) in [5.74, 6) is -1.00. The molecule has 150 valence electrons. The standard InChI is InChI=1S/C20H20N4O4S/c1-28-20(27)17-14-10-13(6-7-15(14)22-23-17)21-18(25)12-4-2-8-24(11-12)19(26)16-5-3-9-29-16/h3,5-7,9-10,12H,2,4,8,11H2,1H3,(H,21,25)(H,22,23)/t12-/m0/s1. The molecule has 0 unspecified atom stereocenters. The van der Waals surface area contributed by atoms with Crippen LogP contribution in [0.2, 0.25) is 0 Å². The van der Waals surface area contributed by atoms with Crippen molar-refractivity contribution in [3.63, 3.8) is 0 Å². The smallest absolute Gasteiger partial charge is 0.359 e. The number of aromatic nitrogens is 2. The number of benzene rings is 1. The maximum absolute atomic E-state index is 12.8. The van der Waals surface area contributed by atoms with Crippen molar-refractivity contribution in [2.75, 3.05) is 25.5 Å². The number of carbonyl (C=O) groups is 3. The Morgan fingerprint density at radius 2 is 2.17 bits per heavy atom. The third-order valence-corrected chi connectivity index (χ3v) is 5.88. The summed E-state index contributed by atoms with van der Waals surface area (Å²) < 4.78 is 4.74. The van der Waals surface area contributed by atoms with Gasteiger partial charge in [-0.05, 0) is 42.5 Å². The predicted octanol–water partition coefficient (Wildman–Crippen LogP) is 2.90. The van der Waals surface area contributed by atoms with Crippen LogP contribution in [-0.4, -0.2) is 53.1 Å². The Morgan fingerprint density at radius 1 is 1.31 bits per heavy atom. The van der Waals surface area contributed by atoms with E-state index < -0.39 is 5.97 Å². The van der Waals surface area contributed by atoms with Crippen LogP contribution in [0, 0.1) is 5.92 Å². The van der Waals surface area contributed by atoms with Gasteiger partial charge >= 0.3 is 5.97 Å². The number of amides is 2. The average Bonchev–Trinajstić information content (AvgIpc) is 3.42. The number of likely N-dealkylation sites (tertiary alicyclic amines) is 1. The molecular formula is C20H20N4O4S. The number of ether oxygens (including phenoxy) is 1. The summed E-state index contributed by atoms with van der Waals surface area (Å²) in [5.41, 5.74) is 1.41. The summed E-state index contributed by atoms with van der Waals surface area (Å²) in [7, 11) is 1.29. The number of H-pyrrole nitrogens is 1. The van der Waals surface area contributed by atoms with Gasteiger partial charge in [0.1, 0.15) is 0 Å². The third-order valence-electron chi connectivity index (χ3n) is 5.02. The molecule has 4 rings (SSSR count). The number of nitrogens with zero attached hydrogens (tertiary/aromatic N) is 2. The van der Waals surface area contributed by atoms with E-state index in [1.165, 1.54) is 18.4 Å². The van der Waals surface area contributed by atoms with Crippen molar-refractivity contribution in [1.29, 1.82) is 0 Å². The highest BCUT2D eigenvalue weighted by atomic mass is 32.1. The Kier molecular flexibility index (Phi) is 5.30. The highest BCUT2D eigenvalue weighted by Gasteiger charge is 2.29. The highest BCUT2D eigenvalue weighted by molar-refractivity contribution is 7.12. The molecule has 0 saturated carbocycles. The van der Waals surface area contributed by atoms with Gasteiger partial charge in [0.2, 0.25) is 5.91 Å². The molecular weight excluding hydrogens is 392 g/mol. The van der Waals surface area contributed by atoms with E-state index in [0.717, 1.165) is 12.8 Å². The monoisotopic (exact) mass is 412 g/mol. The van der Waals surface area contributed by atoms with E-state index in [-0.39, 0.29) is 23.4 Å². The zero-order valence-electron chi connectivity index (χ0n) is 15.8. The lowest BCUT2D eigenvalue weighted by Gasteiger charge is -2.31. The van der Waals surface area contributed by atoms with Crippen LogP contribution in [0.5, 0.6) is 0 Å². The van der Waals surface area contributed by atoms with Crippen molar-refractivity contribution in [3.05, 3.63) is 46.3 Å². The number of hydrogen-bond acceptors (Lipinski definition) is 6. The number of nitrogens with one attached hydrogen (secondary N) is 2. The van der Waals surface area contributed by atoms with E-state index in [1.807, 2.05) is 11.4 Å². The van der Waals surface area contributed by atoms with Gasteiger partial charge in [0.05, 0.1) is 23.4 Å². The van der Waals surface area contributed by atoms with Gasteiger partial charge in [-0.25, -0.2) is 4.79 Å². The topological polar surface area (TPSA) is 104 Å². The molecule has 0 aliphatic carbocycles. The SMILES string of the molecule is COC(=O)c1n[nH]c2ccc(NC(=O)[C@H]3CCCN(C(=O)c4cccs4)C3)cc12. The fourth-order valence-corrected chi connectivity index (χ4v) is 4.21. The summed E-state index contributed by atoms with van der Waals surface area (Å²) in [6.07, 6.45) is 1.50. The lowest BCUT2D eigenvalue weighted by atomic mass is 9.96. The van der Waals surface area contributed by atoms with Crippen LogP contribution in [0.25, 0.3) is 10.9 Å². The van der Waals surface area contributed by atoms with Crippen molar-refractivity contribution in [1.82, 2.24) is 15.1 Å². The van der Waals surface area contributed by atoms with E-state index in [0.29, 0.717) is 34.6 Å². The van der Waals surface area contributed by atoms with Gasteiger partial charge in [-0.3, -0.25) is 14.7 Å². The minimum atomic E-state index is -0.547. The lowest BCUT2D eigenvalue weighted by Crippen LogP contribution is -2.43. The second kappa shape index (κ2) is 8.04. The Bertz CT molecular complexity index is 1060. The molecule has 1 atom stereocenters. The zero-order valence-corrected chi connectivity index (χ0v) is 16.6. The first kappa shape index (κ1) is 19.1. The first-order valence-corrected chi connectivity index (χ1v) is 10.1. The number of fused-ring (bicyclic) bond motifs is 1. The predicted molar refractivity (Wildman–Crippen MR) is 109 cm³/mol. The molecule has 1 aliphatic rings. The molecule has 29 heavy (non-hydrogen) atoms. The van der Waals surface area contributed by atoms with E-state index in [9.17, 15) is 14.4 Å². The number of methoxy groups -OCH3 is 1. The van der Waals surface area contributed by atoms with Gasteiger partial charge in [-0.1, -0.05) is 6.07 Å². The molecule has 0 spiro atoms. The summed E-state index contributed by atoms with van der Waals surface area (Å²) >= 11 is 1.41. The Balaban J connectivity index is 1.47. The van der Waals surface area contributed by atoms with Crippen molar-refractivity contribution in [3.8, 4) is 0 Å². The molecule has 1 fully saturated rings. The van der Waals surface area contributed by atoms with E-state index in [4.69, 9.17) is 4.74 Å². The van der Waals surface area contributed by atoms with Crippen LogP contribution >= 0.6 is 11.3 Å². The van der Waals surface area contributed by atoms with Gasteiger partial charge in [0.15, 0.2) is 5.69 Å². The van der Waals surface area contributed by atoms with Gasteiger partial charge in [-0.15, -0.1) is 11.3 Å². The maximum Gasteiger partial charge on any atom is 0.359 e. The van der Waals surface area contributed by atoms with Gasteiger partial charge < -0.3 is 15.0 Å². The maximum atomic E-state index is 12.8. The third kappa shape index (κ3) is 3.86. The number of esters is 1. The molecule has 2 aromatic heterocycles. The van der Waals surface area contributed by atoms with Crippen LogP contribution in [0.1, 0.15) is 33.0 Å². The number of anilines is 1. The largest absolute Gasteiger partial charge is 0.464 e. The number of thiophene rings is 1. The molecule has 0 radical (unpaired) electrons. The van der Waals surface area contributed by atoms with Crippen LogP contribution < -0.4 is 5.32 Å². The molecule has 8 nitrogen and oxygen atoms in total. The minimum absolute atomic E-state index is 0.0277. The molecule has 9 heteroatoms. The molecule has 0 bridgehead atoms. The summed E-state index contributed by atoms with van der Waals surface area (Å²) in [6, 6.07) is 8.84. The minimum Gasteiger partial charge on any atom is -0.464 e. The number of carbonyl (C=O) groups excluding carboxylic acids is 3. The number of rotatable bonds is 4. The molecule has 3 heterocycles. The molecule has 1 aliphatic heterocycles. The molecule has 2 N–H and O–H groups in total. The van der Waals surface area contributed by atoms with Gasteiger partial charge in [0.25, 0.3) is 5.91 Å². The van der Waals surface area contributed by atoms with Gasteiger partial charge in [0, 0.05) is 24.2 Å². The van der Waals surface area contributed by atoms with E-state index in [1.54, 1.807) is 29.2 Å². The van der Waals surface area contributed by atoms with Gasteiger partial charge in [-0.2, -0.15) is 5.10 Å². The summed E-state index contributed by atoms with van der Waals surface area (Å²) in [4.78, 5) is 39.7. The normalized spacial score (nSPS) is 16.6. The summed E-state index contributed by atoms with van der Waals surface area (Å²) in [5, 5.41) is 12.1. The van der Waals surface area contributed by atoms with Crippen molar-refractivity contribution >= 4 is 45.7 Å². The molecule has 1 aromatic carbocycles. The van der Waals surface area contributed by atoms with E-state index in [2.05, 4.69) is 15.5 Å². The van der Waals surface area contributed by atoms with Crippen molar-refractivity contribution in [2.24, 2.45) is 5.92 Å². The first-order chi connectivity index (χ1) is 14.1. The van der Waals surface area contributed by atoms with Crippen LogP contribution in [0.15, 0.2) is 35.7 Å². The number of hydrogen-bond donors (Lipinski definition) is 2. The molecule has 1 saturated heterocycles. The average molecular weight is 412 g/mol. The second-order valence-corrected chi connectivity index (χ2v) is 7.83.